The molecule has 0 aliphatic rings. The van der Waals surface area contributed by atoms with Gasteiger partial charge in [0.25, 0.3) is 0 Å². The first-order valence-corrected chi connectivity index (χ1v) is 6.36. The lowest BCUT2D eigenvalue weighted by Crippen LogP contribution is -2.16. The van der Waals surface area contributed by atoms with E-state index >= 15 is 0 Å². The van der Waals surface area contributed by atoms with E-state index in [0.717, 1.165) is 15.6 Å². The molecule has 1 heterocycles. The number of halogens is 4. The minimum atomic E-state index is -4.67. The predicted octanol–water partition coefficient (Wildman–Crippen LogP) is 4.91. The Morgan fingerprint density at radius 2 is 1.65 bits per heavy atom. The molecule has 104 valence electrons. The average molecular weight is 344 g/mol. The standard InChI is InChI=1S/C14H9BrF3NO/c15-12-7-11(8-19-9-12)2-1-10-3-5-13(6-4-10)20-14(16,17)18/h1-9H/b2-1+. The number of alkyl halides is 3. The Labute approximate surface area is 122 Å². The van der Waals surface area contributed by atoms with Gasteiger partial charge in [0, 0.05) is 16.9 Å². The molecule has 0 atom stereocenters. The molecule has 0 amide bonds. The summed E-state index contributed by atoms with van der Waals surface area (Å²) in [6, 6.07) is 7.51. The first-order chi connectivity index (χ1) is 9.42. The van der Waals surface area contributed by atoms with E-state index in [2.05, 4.69) is 25.7 Å². The molecule has 2 rings (SSSR count). The van der Waals surface area contributed by atoms with Gasteiger partial charge in [-0.1, -0.05) is 24.3 Å². The molecule has 0 aliphatic heterocycles. The van der Waals surface area contributed by atoms with Gasteiger partial charge in [-0.2, -0.15) is 0 Å². The van der Waals surface area contributed by atoms with Gasteiger partial charge in [-0.3, -0.25) is 4.98 Å². The maximum atomic E-state index is 12.0. The zero-order chi connectivity index (χ0) is 14.6. The Morgan fingerprint density at radius 1 is 1.00 bits per heavy atom. The van der Waals surface area contributed by atoms with Gasteiger partial charge in [0.1, 0.15) is 5.75 Å². The molecule has 20 heavy (non-hydrogen) atoms. The highest BCUT2D eigenvalue weighted by Crippen LogP contribution is 2.23. The zero-order valence-corrected chi connectivity index (χ0v) is 11.6. The monoisotopic (exact) mass is 343 g/mol. The van der Waals surface area contributed by atoms with Gasteiger partial charge in [-0.25, -0.2) is 0 Å². The fourth-order valence-electron chi connectivity index (χ4n) is 1.49. The normalized spacial score (nSPS) is 11.8. The summed E-state index contributed by atoms with van der Waals surface area (Å²) in [6.45, 7) is 0. The van der Waals surface area contributed by atoms with Crippen molar-refractivity contribution in [2.24, 2.45) is 0 Å². The fourth-order valence-corrected chi connectivity index (χ4v) is 1.88. The Bertz CT molecular complexity index is 609. The second-order valence-electron chi connectivity index (χ2n) is 3.89. The van der Waals surface area contributed by atoms with Crippen LogP contribution in [-0.4, -0.2) is 11.3 Å². The van der Waals surface area contributed by atoms with Gasteiger partial charge >= 0.3 is 6.36 Å². The number of pyridine rings is 1. The minimum Gasteiger partial charge on any atom is -0.406 e. The summed E-state index contributed by atoms with van der Waals surface area (Å²) in [6.07, 6.45) is 2.28. The summed E-state index contributed by atoms with van der Waals surface area (Å²) in [7, 11) is 0. The lowest BCUT2D eigenvalue weighted by Gasteiger charge is -2.08. The van der Waals surface area contributed by atoms with Crippen LogP contribution < -0.4 is 4.74 Å². The van der Waals surface area contributed by atoms with Crippen molar-refractivity contribution in [3.8, 4) is 5.75 Å². The van der Waals surface area contributed by atoms with Crippen molar-refractivity contribution in [2.75, 3.05) is 0 Å². The second kappa shape index (κ2) is 6.09. The lowest BCUT2D eigenvalue weighted by atomic mass is 10.1. The summed E-state index contributed by atoms with van der Waals surface area (Å²) in [5.41, 5.74) is 1.65. The molecule has 0 aliphatic carbocycles. The van der Waals surface area contributed by atoms with Gasteiger partial charge < -0.3 is 4.74 Å². The van der Waals surface area contributed by atoms with Crippen molar-refractivity contribution < 1.29 is 17.9 Å². The number of ether oxygens (including phenoxy) is 1. The molecule has 0 radical (unpaired) electrons. The molecule has 0 N–H and O–H groups in total. The van der Waals surface area contributed by atoms with Crippen LogP contribution in [0.4, 0.5) is 13.2 Å². The van der Waals surface area contributed by atoms with E-state index in [4.69, 9.17) is 0 Å². The fraction of sp³-hybridized carbons (Fsp3) is 0.0714. The zero-order valence-electron chi connectivity index (χ0n) is 10.1. The third-order valence-electron chi connectivity index (χ3n) is 2.31. The van der Waals surface area contributed by atoms with Crippen LogP contribution in [0, 0.1) is 0 Å². The number of hydrogen-bond donors (Lipinski definition) is 0. The number of benzene rings is 1. The van der Waals surface area contributed by atoms with Crippen LogP contribution in [0.5, 0.6) is 5.75 Å². The highest BCUT2D eigenvalue weighted by Gasteiger charge is 2.30. The molecule has 0 bridgehead atoms. The van der Waals surface area contributed by atoms with Crippen molar-refractivity contribution in [1.82, 2.24) is 4.98 Å². The second-order valence-corrected chi connectivity index (χ2v) is 4.80. The van der Waals surface area contributed by atoms with Crippen LogP contribution in [0.2, 0.25) is 0 Å². The Morgan fingerprint density at radius 3 is 2.25 bits per heavy atom. The highest BCUT2D eigenvalue weighted by molar-refractivity contribution is 9.10. The Kier molecular flexibility index (Phi) is 4.44. The van der Waals surface area contributed by atoms with E-state index in [1.807, 2.05) is 12.1 Å². The molecular formula is C14H9BrF3NO. The molecule has 6 heteroatoms. The van der Waals surface area contributed by atoms with Crippen LogP contribution in [0.3, 0.4) is 0 Å². The molecule has 2 aromatic rings. The quantitative estimate of drug-likeness (QED) is 0.789. The van der Waals surface area contributed by atoms with Crippen molar-refractivity contribution in [1.29, 1.82) is 0 Å². The molecule has 0 spiro atoms. The van der Waals surface area contributed by atoms with E-state index in [9.17, 15) is 13.2 Å². The number of hydrogen-bond acceptors (Lipinski definition) is 2. The Hall–Kier alpha value is -1.82. The predicted molar refractivity (Wildman–Crippen MR) is 74.0 cm³/mol. The molecule has 1 aromatic heterocycles. The van der Waals surface area contributed by atoms with Crippen LogP contribution in [0.1, 0.15) is 11.1 Å². The van der Waals surface area contributed by atoms with E-state index in [1.165, 1.54) is 12.1 Å². The summed E-state index contributed by atoms with van der Waals surface area (Å²) in [5.74, 6) is -0.237. The first-order valence-electron chi connectivity index (χ1n) is 5.57. The van der Waals surface area contributed by atoms with Gasteiger partial charge in [0.05, 0.1) is 0 Å². The van der Waals surface area contributed by atoms with Crippen molar-refractivity contribution in [3.05, 3.63) is 58.3 Å². The third-order valence-corrected chi connectivity index (χ3v) is 2.74. The molecule has 0 saturated carbocycles. The van der Waals surface area contributed by atoms with Gasteiger partial charge in [0.2, 0.25) is 0 Å². The number of nitrogens with zero attached hydrogens (tertiary/aromatic N) is 1. The number of aromatic nitrogens is 1. The molecular weight excluding hydrogens is 335 g/mol. The smallest absolute Gasteiger partial charge is 0.406 e. The summed E-state index contributed by atoms with van der Waals surface area (Å²) < 4.78 is 40.7. The van der Waals surface area contributed by atoms with Gasteiger partial charge in [-0.05, 0) is 45.3 Å². The molecule has 2 nitrogen and oxygen atoms in total. The largest absolute Gasteiger partial charge is 0.573 e. The molecule has 0 unspecified atom stereocenters. The topological polar surface area (TPSA) is 22.1 Å². The minimum absolute atomic E-state index is 0.237. The van der Waals surface area contributed by atoms with E-state index in [0.29, 0.717) is 0 Å². The SMILES string of the molecule is FC(F)(F)Oc1ccc(/C=C/c2cncc(Br)c2)cc1. The maximum absolute atomic E-state index is 12.0. The van der Waals surface area contributed by atoms with Crippen molar-refractivity contribution in [3.63, 3.8) is 0 Å². The lowest BCUT2D eigenvalue weighted by molar-refractivity contribution is -0.274. The molecule has 1 aromatic carbocycles. The summed E-state index contributed by atoms with van der Waals surface area (Å²) in [4.78, 5) is 4.01. The van der Waals surface area contributed by atoms with Gasteiger partial charge in [-0.15, -0.1) is 13.2 Å². The van der Waals surface area contributed by atoms with Crippen LogP contribution in [-0.2, 0) is 0 Å². The summed E-state index contributed by atoms with van der Waals surface area (Å²) in [5, 5.41) is 0. The molecule has 0 saturated heterocycles. The van der Waals surface area contributed by atoms with Gasteiger partial charge in [0.15, 0.2) is 0 Å². The number of rotatable bonds is 3. The average Bonchev–Trinajstić information content (AvgIpc) is 2.36. The Balaban J connectivity index is 2.07. The maximum Gasteiger partial charge on any atom is 0.573 e. The van der Waals surface area contributed by atoms with Crippen LogP contribution >= 0.6 is 15.9 Å². The molecule has 0 fully saturated rings. The third kappa shape index (κ3) is 4.70. The van der Waals surface area contributed by atoms with Crippen molar-refractivity contribution in [2.45, 2.75) is 6.36 Å². The van der Waals surface area contributed by atoms with E-state index < -0.39 is 6.36 Å². The highest BCUT2D eigenvalue weighted by atomic mass is 79.9. The van der Waals surface area contributed by atoms with Crippen LogP contribution in [0.25, 0.3) is 12.2 Å². The van der Waals surface area contributed by atoms with E-state index in [-0.39, 0.29) is 5.75 Å². The first kappa shape index (κ1) is 14.6. The van der Waals surface area contributed by atoms with Crippen LogP contribution in [0.15, 0.2) is 47.2 Å². The summed E-state index contributed by atoms with van der Waals surface area (Å²) >= 11 is 3.31. The van der Waals surface area contributed by atoms with E-state index in [1.54, 1.807) is 30.6 Å². The van der Waals surface area contributed by atoms with Crippen molar-refractivity contribution >= 4 is 28.1 Å².